The average Bonchev–Trinajstić information content (AvgIpc) is 3.15. The minimum atomic E-state index is -0.485. The number of fused-ring (bicyclic) bond motifs is 1. The fraction of sp³-hybridized carbons (Fsp3) is 0.381. The predicted molar refractivity (Wildman–Crippen MR) is 102 cm³/mol. The van der Waals surface area contributed by atoms with Crippen molar-refractivity contribution < 1.29 is 9.53 Å². The first-order chi connectivity index (χ1) is 13.3. The molecule has 6 nitrogen and oxygen atoms in total. The van der Waals surface area contributed by atoms with Gasteiger partial charge < -0.3 is 10.1 Å². The Labute approximate surface area is 158 Å². The molecule has 0 spiro atoms. The number of hydrogen-bond acceptors (Lipinski definition) is 4. The van der Waals surface area contributed by atoms with Crippen molar-refractivity contribution in [2.24, 2.45) is 0 Å². The van der Waals surface area contributed by atoms with Gasteiger partial charge in [-0.1, -0.05) is 36.4 Å². The highest BCUT2D eigenvalue weighted by molar-refractivity contribution is 5.88. The van der Waals surface area contributed by atoms with Gasteiger partial charge in [0, 0.05) is 32.4 Å². The van der Waals surface area contributed by atoms with E-state index in [9.17, 15) is 4.79 Å². The second-order valence-electron chi connectivity index (χ2n) is 6.97. The summed E-state index contributed by atoms with van der Waals surface area (Å²) < 4.78 is 7.51. The van der Waals surface area contributed by atoms with E-state index < -0.39 is 5.41 Å². The zero-order valence-electron chi connectivity index (χ0n) is 15.3. The Kier molecular flexibility index (Phi) is 5.16. The Morgan fingerprint density at radius 2 is 1.85 bits per heavy atom. The lowest BCUT2D eigenvalue weighted by molar-refractivity contribution is -0.130. The van der Waals surface area contributed by atoms with Crippen LogP contribution in [0, 0.1) is 0 Å². The molecule has 1 aromatic carbocycles. The molecule has 0 aliphatic carbocycles. The van der Waals surface area contributed by atoms with Gasteiger partial charge in [0.05, 0.1) is 5.41 Å². The molecule has 1 fully saturated rings. The first-order valence-corrected chi connectivity index (χ1v) is 9.50. The van der Waals surface area contributed by atoms with E-state index in [0.29, 0.717) is 19.8 Å². The van der Waals surface area contributed by atoms with Gasteiger partial charge in [-0.25, -0.2) is 0 Å². The van der Waals surface area contributed by atoms with E-state index in [2.05, 4.69) is 15.5 Å². The van der Waals surface area contributed by atoms with Crippen LogP contribution in [0.2, 0.25) is 0 Å². The monoisotopic (exact) mass is 364 g/mol. The number of nitrogens with zero attached hydrogens (tertiary/aromatic N) is 3. The molecule has 1 amide bonds. The van der Waals surface area contributed by atoms with Crippen molar-refractivity contribution in [3.8, 4) is 0 Å². The SMILES string of the molecule is O=C(NCCCc1nnc2ccccn12)C1(c2ccccc2)CCOCC1. The molecular weight excluding hydrogens is 340 g/mol. The molecule has 3 aromatic rings. The van der Waals surface area contributed by atoms with E-state index >= 15 is 0 Å². The van der Waals surface area contributed by atoms with Gasteiger partial charge >= 0.3 is 0 Å². The zero-order chi connectivity index (χ0) is 18.5. The summed E-state index contributed by atoms with van der Waals surface area (Å²) in [6.07, 6.45) is 5.00. The minimum Gasteiger partial charge on any atom is -0.381 e. The van der Waals surface area contributed by atoms with Gasteiger partial charge in [0.1, 0.15) is 5.82 Å². The average molecular weight is 364 g/mol. The molecule has 3 heterocycles. The molecule has 1 aliphatic heterocycles. The zero-order valence-corrected chi connectivity index (χ0v) is 15.3. The van der Waals surface area contributed by atoms with Crippen molar-refractivity contribution in [3.05, 3.63) is 66.1 Å². The summed E-state index contributed by atoms with van der Waals surface area (Å²) in [5.41, 5.74) is 1.44. The molecule has 0 atom stereocenters. The van der Waals surface area contributed by atoms with Crippen LogP contribution in [0.5, 0.6) is 0 Å². The highest BCUT2D eigenvalue weighted by atomic mass is 16.5. The van der Waals surface area contributed by atoms with Crippen molar-refractivity contribution in [2.45, 2.75) is 31.1 Å². The van der Waals surface area contributed by atoms with E-state index in [1.165, 1.54) is 0 Å². The third-order valence-corrected chi connectivity index (χ3v) is 5.35. The number of aromatic nitrogens is 3. The van der Waals surface area contributed by atoms with E-state index in [1.807, 2.05) is 59.1 Å². The quantitative estimate of drug-likeness (QED) is 0.683. The standard InChI is InChI=1S/C21H24N4O2/c26-20(21(11-15-27-16-12-21)17-7-2-1-3-8-17)22-13-6-10-19-24-23-18-9-4-5-14-25(18)19/h1-5,7-9,14H,6,10-13,15-16H2,(H,22,26). The Balaban J connectivity index is 1.39. The Bertz CT molecular complexity index is 901. The lowest BCUT2D eigenvalue weighted by Crippen LogP contribution is -2.48. The molecule has 0 bridgehead atoms. The molecule has 140 valence electrons. The van der Waals surface area contributed by atoms with Crippen LogP contribution in [0.15, 0.2) is 54.7 Å². The van der Waals surface area contributed by atoms with Crippen molar-refractivity contribution in [1.82, 2.24) is 19.9 Å². The lowest BCUT2D eigenvalue weighted by atomic mass is 9.73. The number of nitrogens with one attached hydrogen (secondary N) is 1. The number of pyridine rings is 1. The maximum atomic E-state index is 13.1. The molecule has 1 saturated heterocycles. The molecule has 6 heteroatoms. The summed E-state index contributed by atoms with van der Waals surface area (Å²) in [6, 6.07) is 15.9. The van der Waals surface area contributed by atoms with Gasteiger partial charge in [0.15, 0.2) is 5.65 Å². The second kappa shape index (κ2) is 7.88. The number of carbonyl (C=O) groups is 1. The fourth-order valence-electron chi connectivity index (χ4n) is 3.80. The third-order valence-electron chi connectivity index (χ3n) is 5.35. The number of rotatable bonds is 6. The van der Waals surface area contributed by atoms with Crippen molar-refractivity contribution in [1.29, 1.82) is 0 Å². The van der Waals surface area contributed by atoms with Crippen LogP contribution in [0.3, 0.4) is 0 Å². The van der Waals surface area contributed by atoms with Gasteiger partial charge in [0.25, 0.3) is 0 Å². The molecule has 0 saturated carbocycles. The largest absolute Gasteiger partial charge is 0.381 e. The van der Waals surface area contributed by atoms with Crippen molar-refractivity contribution >= 4 is 11.6 Å². The van der Waals surface area contributed by atoms with Gasteiger partial charge in [-0.05, 0) is 37.0 Å². The predicted octanol–water partition coefficient (Wildman–Crippen LogP) is 2.53. The van der Waals surface area contributed by atoms with Crippen LogP contribution in [0.25, 0.3) is 5.65 Å². The molecule has 0 radical (unpaired) electrons. The van der Waals surface area contributed by atoms with Crippen LogP contribution >= 0.6 is 0 Å². The summed E-state index contributed by atoms with van der Waals surface area (Å²) in [6.45, 7) is 1.86. The topological polar surface area (TPSA) is 68.5 Å². The van der Waals surface area contributed by atoms with Crippen molar-refractivity contribution in [3.63, 3.8) is 0 Å². The van der Waals surface area contributed by atoms with Gasteiger partial charge in [-0.2, -0.15) is 0 Å². The number of aryl methyl sites for hydroxylation is 1. The lowest BCUT2D eigenvalue weighted by Gasteiger charge is -2.36. The molecule has 0 unspecified atom stereocenters. The number of ether oxygens (including phenoxy) is 1. The van der Waals surface area contributed by atoms with Gasteiger partial charge in [-0.3, -0.25) is 9.20 Å². The maximum Gasteiger partial charge on any atom is 0.230 e. The summed E-state index contributed by atoms with van der Waals surface area (Å²) >= 11 is 0. The van der Waals surface area contributed by atoms with Crippen LogP contribution in [0.4, 0.5) is 0 Å². The minimum absolute atomic E-state index is 0.100. The van der Waals surface area contributed by atoms with E-state index in [1.54, 1.807) is 0 Å². The molecule has 2 aromatic heterocycles. The summed E-state index contributed by atoms with van der Waals surface area (Å²) in [4.78, 5) is 13.1. The highest BCUT2D eigenvalue weighted by Gasteiger charge is 2.41. The van der Waals surface area contributed by atoms with E-state index in [-0.39, 0.29) is 5.91 Å². The maximum absolute atomic E-state index is 13.1. The van der Waals surface area contributed by atoms with E-state index in [4.69, 9.17) is 4.74 Å². The first-order valence-electron chi connectivity index (χ1n) is 9.50. The van der Waals surface area contributed by atoms with E-state index in [0.717, 1.165) is 42.7 Å². The van der Waals surface area contributed by atoms with Crippen LogP contribution in [-0.2, 0) is 21.4 Å². The summed E-state index contributed by atoms with van der Waals surface area (Å²) in [7, 11) is 0. The first kappa shape index (κ1) is 17.7. The smallest absolute Gasteiger partial charge is 0.230 e. The molecule has 1 N–H and O–H groups in total. The normalized spacial score (nSPS) is 16.3. The van der Waals surface area contributed by atoms with Crippen molar-refractivity contribution in [2.75, 3.05) is 19.8 Å². The summed E-state index contributed by atoms with van der Waals surface area (Å²) in [5.74, 6) is 1.02. The van der Waals surface area contributed by atoms with Crippen LogP contribution in [-0.4, -0.2) is 40.3 Å². The fourth-order valence-corrected chi connectivity index (χ4v) is 3.80. The molecule has 1 aliphatic rings. The van der Waals surface area contributed by atoms with Crippen LogP contribution in [0.1, 0.15) is 30.7 Å². The Morgan fingerprint density at radius 1 is 1.07 bits per heavy atom. The number of benzene rings is 1. The Morgan fingerprint density at radius 3 is 2.67 bits per heavy atom. The highest BCUT2D eigenvalue weighted by Crippen LogP contribution is 2.35. The Hall–Kier alpha value is -2.73. The van der Waals surface area contributed by atoms with Gasteiger partial charge in [0.2, 0.25) is 5.91 Å². The third kappa shape index (κ3) is 3.57. The second-order valence-corrected chi connectivity index (χ2v) is 6.97. The number of hydrogen-bond donors (Lipinski definition) is 1. The van der Waals surface area contributed by atoms with Crippen LogP contribution < -0.4 is 5.32 Å². The van der Waals surface area contributed by atoms with Gasteiger partial charge in [-0.15, -0.1) is 10.2 Å². The molecule has 27 heavy (non-hydrogen) atoms. The number of amides is 1. The number of carbonyl (C=O) groups excluding carboxylic acids is 1. The molecular formula is C21H24N4O2. The summed E-state index contributed by atoms with van der Waals surface area (Å²) in [5, 5.41) is 11.6. The molecule has 4 rings (SSSR count).